The molecule has 0 aliphatic carbocycles. The molecule has 1 aromatic rings. The van der Waals surface area contributed by atoms with Crippen molar-refractivity contribution >= 4 is 23.3 Å². The van der Waals surface area contributed by atoms with Gasteiger partial charge in [0.15, 0.2) is 0 Å². The molecule has 0 radical (unpaired) electrons. The van der Waals surface area contributed by atoms with E-state index in [4.69, 9.17) is 11.6 Å². The molecule has 1 N–H and O–H groups in total. The van der Waals surface area contributed by atoms with Gasteiger partial charge in [-0.1, -0.05) is 11.6 Å². The van der Waals surface area contributed by atoms with Crippen molar-refractivity contribution in [3.63, 3.8) is 0 Å². The zero-order chi connectivity index (χ0) is 15.6. The molecule has 2 rings (SSSR count). The SMILES string of the molecule is CC(C)(C(=O)O)C1CCCN(c2ccc(Cl)cc2C#N)C1. The molecule has 0 bridgehead atoms. The molecule has 1 unspecified atom stereocenters. The van der Waals surface area contributed by atoms with Gasteiger partial charge in [-0.25, -0.2) is 0 Å². The van der Waals surface area contributed by atoms with Gasteiger partial charge in [0.05, 0.1) is 16.7 Å². The van der Waals surface area contributed by atoms with E-state index in [-0.39, 0.29) is 5.92 Å². The van der Waals surface area contributed by atoms with Gasteiger partial charge in [0.25, 0.3) is 0 Å². The molecule has 0 amide bonds. The first-order chi connectivity index (χ1) is 9.86. The quantitative estimate of drug-likeness (QED) is 0.927. The minimum atomic E-state index is -0.772. The second kappa shape index (κ2) is 5.95. The Bertz CT molecular complexity index is 592. The van der Waals surface area contributed by atoms with Crippen LogP contribution in [0.1, 0.15) is 32.3 Å². The van der Waals surface area contributed by atoms with Crippen molar-refractivity contribution in [1.29, 1.82) is 5.26 Å². The highest BCUT2D eigenvalue weighted by atomic mass is 35.5. The topological polar surface area (TPSA) is 64.3 Å². The van der Waals surface area contributed by atoms with Crippen LogP contribution < -0.4 is 4.90 Å². The van der Waals surface area contributed by atoms with Gasteiger partial charge in [0.1, 0.15) is 6.07 Å². The fourth-order valence-electron chi connectivity index (χ4n) is 2.83. The summed E-state index contributed by atoms with van der Waals surface area (Å²) in [7, 11) is 0. The molecule has 21 heavy (non-hydrogen) atoms. The predicted molar refractivity (Wildman–Crippen MR) is 82.5 cm³/mol. The number of hydrogen-bond acceptors (Lipinski definition) is 3. The maximum atomic E-state index is 11.4. The summed E-state index contributed by atoms with van der Waals surface area (Å²) < 4.78 is 0. The number of benzene rings is 1. The molecule has 0 saturated carbocycles. The smallest absolute Gasteiger partial charge is 0.309 e. The van der Waals surface area contributed by atoms with Crippen LogP contribution in [-0.2, 0) is 4.79 Å². The Hall–Kier alpha value is -1.73. The maximum Gasteiger partial charge on any atom is 0.309 e. The summed E-state index contributed by atoms with van der Waals surface area (Å²) in [6.45, 7) is 5.03. The highest BCUT2D eigenvalue weighted by molar-refractivity contribution is 6.30. The van der Waals surface area contributed by atoms with Gasteiger partial charge in [-0.05, 0) is 50.8 Å². The van der Waals surface area contributed by atoms with Gasteiger partial charge in [-0.15, -0.1) is 0 Å². The third-order valence-electron chi connectivity index (χ3n) is 4.41. The number of carboxylic acids is 1. The first-order valence-electron chi connectivity index (χ1n) is 7.04. The highest BCUT2D eigenvalue weighted by Gasteiger charge is 2.39. The van der Waals surface area contributed by atoms with Crippen LogP contribution in [0, 0.1) is 22.7 Å². The maximum absolute atomic E-state index is 11.4. The van der Waals surface area contributed by atoms with Crippen LogP contribution in [-0.4, -0.2) is 24.2 Å². The van der Waals surface area contributed by atoms with Crippen LogP contribution in [0.5, 0.6) is 0 Å². The fraction of sp³-hybridized carbons (Fsp3) is 0.500. The molecule has 112 valence electrons. The number of nitriles is 1. The molecule has 1 saturated heterocycles. The van der Waals surface area contributed by atoms with E-state index in [0.29, 0.717) is 17.1 Å². The molecule has 1 aliphatic heterocycles. The van der Waals surface area contributed by atoms with E-state index in [9.17, 15) is 15.2 Å². The van der Waals surface area contributed by atoms with Crippen LogP contribution in [0.4, 0.5) is 5.69 Å². The number of nitrogens with zero attached hydrogens (tertiary/aromatic N) is 2. The van der Waals surface area contributed by atoms with Gasteiger partial charge < -0.3 is 10.0 Å². The number of carbonyl (C=O) groups is 1. The summed E-state index contributed by atoms with van der Waals surface area (Å²) in [5.74, 6) is -0.711. The lowest BCUT2D eigenvalue weighted by Gasteiger charge is -2.40. The van der Waals surface area contributed by atoms with E-state index in [1.54, 1.807) is 26.0 Å². The van der Waals surface area contributed by atoms with Crippen LogP contribution >= 0.6 is 11.6 Å². The Balaban J connectivity index is 2.27. The summed E-state index contributed by atoms with van der Waals surface area (Å²) in [5, 5.41) is 19.2. The minimum absolute atomic E-state index is 0.0611. The van der Waals surface area contributed by atoms with Crippen molar-refractivity contribution in [2.45, 2.75) is 26.7 Å². The first-order valence-corrected chi connectivity index (χ1v) is 7.42. The zero-order valence-electron chi connectivity index (χ0n) is 12.3. The third kappa shape index (κ3) is 3.14. The lowest BCUT2D eigenvalue weighted by molar-refractivity contribution is -0.150. The molecule has 1 aromatic carbocycles. The molecule has 4 nitrogen and oxygen atoms in total. The van der Waals surface area contributed by atoms with E-state index < -0.39 is 11.4 Å². The van der Waals surface area contributed by atoms with Gasteiger partial charge in [-0.2, -0.15) is 5.26 Å². The Morgan fingerprint density at radius 2 is 2.24 bits per heavy atom. The average molecular weight is 307 g/mol. The number of halogens is 1. The van der Waals surface area contributed by atoms with E-state index in [2.05, 4.69) is 11.0 Å². The van der Waals surface area contributed by atoms with Gasteiger partial charge in [0.2, 0.25) is 0 Å². The monoisotopic (exact) mass is 306 g/mol. The molecule has 0 spiro atoms. The van der Waals surface area contributed by atoms with Gasteiger partial charge >= 0.3 is 5.97 Å². The summed E-state index contributed by atoms with van der Waals surface area (Å²) in [5.41, 5.74) is 0.613. The lowest BCUT2D eigenvalue weighted by atomic mass is 9.74. The number of carboxylic acid groups (broad SMARTS) is 1. The second-order valence-corrected chi connectivity index (χ2v) is 6.52. The van der Waals surface area contributed by atoms with Crippen molar-refractivity contribution in [3.8, 4) is 6.07 Å². The van der Waals surface area contributed by atoms with Crippen LogP contribution in [0.25, 0.3) is 0 Å². The van der Waals surface area contributed by atoms with Gasteiger partial charge in [0, 0.05) is 18.1 Å². The van der Waals surface area contributed by atoms with Crippen molar-refractivity contribution in [2.75, 3.05) is 18.0 Å². The summed E-state index contributed by atoms with van der Waals surface area (Å²) >= 11 is 5.93. The van der Waals surface area contributed by atoms with E-state index in [1.807, 2.05) is 6.07 Å². The van der Waals surface area contributed by atoms with Crippen molar-refractivity contribution < 1.29 is 9.90 Å². The summed E-state index contributed by atoms with van der Waals surface area (Å²) in [6.07, 6.45) is 1.82. The molecule has 1 aliphatic rings. The normalized spacial score (nSPS) is 19.1. The van der Waals surface area contributed by atoms with Gasteiger partial charge in [-0.3, -0.25) is 4.79 Å². The third-order valence-corrected chi connectivity index (χ3v) is 4.65. The average Bonchev–Trinajstić information content (AvgIpc) is 2.47. The summed E-state index contributed by atoms with van der Waals surface area (Å²) in [6, 6.07) is 7.44. The van der Waals surface area contributed by atoms with E-state index in [0.717, 1.165) is 25.1 Å². The van der Waals surface area contributed by atoms with Crippen LogP contribution in [0.15, 0.2) is 18.2 Å². The molecule has 5 heteroatoms. The largest absolute Gasteiger partial charge is 0.481 e. The molecule has 0 aromatic heterocycles. The second-order valence-electron chi connectivity index (χ2n) is 6.09. The number of rotatable bonds is 3. The minimum Gasteiger partial charge on any atom is -0.481 e. The molecule has 1 fully saturated rings. The molecular weight excluding hydrogens is 288 g/mol. The van der Waals surface area contributed by atoms with Crippen molar-refractivity contribution in [3.05, 3.63) is 28.8 Å². The van der Waals surface area contributed by atoms with E-state index in [1.165, 1.54) is 0 Å². The Kier molecular flexibility index (Phi) is 4.43. The molecular formula is C16H19ClN2O2. The van der Waals surface area contributed by atoms with Crippen LogP contribution in [0.3, 0.4) is 0 Å². The standard InChI is InChI=1S/C16H19ClN2O2/c1-16(2,15(20)21)12-4-3-7-19(10-12)14-6-5-13(17)8-11(14)9-18/h5-6,8,12H,3-4,7,10H2,1-2H3,(H,20,21). The predicted octanol–water partition coefficient (Wildman–Crippen LogP) is 3.54. The fourth-order valence-corrected chi connectivity index (χ4v) is 3.01. The Labute approximate surface area is 129 Å². The number of hydrogen-bond donors (Lipinski definition) is 1. The van der Waals surface area contributed by atoms with Crippen molar-refractivity contribution in [2.24, 2.45) is 11.3 Å². The first kappa shape index (κ1) is 15.7. The summed E-state index contributed by atoms with van der Waals surface area (Å²) in [4.78, 5) is 13.5. The van der Waals surface area contributed by atoms with Crippen LogP contribution in [0.2, 0.25) is 5.02 Å². The molecule has 1 heterocycles. The highest BCUT2D eigenvalue weighted by Crippen LogP contribution is 2.36. The molecule has 1 atom stereocenters. The Morgan fingerprint density at radius 3 is 2.86 bits per heavy atom. The zero-order valence-corrected chi connectivity index (χ0v) is 13.0. The number of anilines is 1. The van der Waals surface area contributed by atoms with E-state index >= 15 is 0 Å². The lowest BCUT2D eigenvalue weighted by Crippen LogP contribution is -2.45. The van der Waals surface area contributed by atoms with Crippen molar-refractivity contribution in [1.82, 2.24) is 0 Å². The Morgan fingerprint density at radius 1 is 1.52 bits per heavy atom. The number of aliphatic carboxylic acids is 1. The number of piperidine rings is 1.